The molecule has 1 N–H and O–H groups in total. The molecule has 1 aliphatic rings. The maximum atomic E-state index is 5.48. The highest BCUT2D eigenvalue weighted by molar-refractivity contribution is 5.73. The van der Waals surface area contributed by atoms with Gasteiger partial charge in [0.2, 0.25) is 5.95 Å². The van der Waals surface area contributed by atoms with Crippen molar-refractivity contribution in [2.75, 3.05) is 43.6 Å². The van der Waals surface area contributed by atoms with Gasteiger partial charge in [0, 0.05) is 30.4 Å². The SMILES string of the molecule is COc1cccc(-c2nc(N3CCOCC3)nc(Nc3cccnc3)c2C)c1. The van der Waals surface area contributed by atoms with Crippen molar-refractivity contribution < 1.29 is 9.47 Å². The van der Waals surface area contributed by atoms with Crippen molar-refractivity contribution in [3.8, 4) is 17.0 Å². The van der Waals surface area contributed by atoms with Crippen molar-refractivity contribution in [3.63, 3.8) is 0 Å². The van der Waals surface area contributed by atoms with E-state index < -0.39 is 0 Å². The number of rotatable bonds is 5. The maximum absolute atomic E-state index is 5.48. The Hall–Kier alpha value is -3.19. The van der Waals surface area contributed by atoms with E-state index >= 15 is 0 Å². The number of methoxy groups -OCH3 is 1. The Kier molecular flexibility index (Phi) is 5.34. The lowest BCUT2D eigenvalue weighted by atomic mass is 10.1. The fourth-order valence-electron chi connectivity index (χ4n) is 3.16. The summed E-state index contributed by atoms with van der Waals surface area (Å²) in [5.74, 6) is 2.26. The van der Waals surface area contributed by atoms with E-state index in [0.29, 0.717) is 19.2 Å². The van der Waals surface area contributed by atoms with Gasteiger partial charge < -0.3 is 19.7 Å². The molecule has 1 aliphatic heterocycles. The Morgan fingerprint density at radius 3 is 2.71 bits per heavy atom. The Morgan fingerprint density at radius 2 is 1.96 bits per heavy atom. The molecule has 28 heavy (non-hydrogen) atoms. The summed E-state index contributed by atoms with van der Waals surface area (Å²) in [5, 5.41) is 3.39. The van der Waals surface area contributed by atoms with Gasteiger partial charge in [-0.2, -0.15) is 4.98 Å². The first kappa shape index (κ1) is 18.2. The lowest BCUT2D eigenvalue weighted by Gasteiger charge is -2.28. The maximum Gasteiger partial charge on any atom is 0.228 e. The van der Waals surface area contributed by atoms with Gasteiger partial charge in [-0.15, -0.1) is 0 Å². The molecule has 1 fully saturated rings. The summed E-state index contributed by atoms with van der Waals surface area (Å²) in [6.45, 7) is 4.92. The van der Waals surface area contributed by atoms with E-state index in [1.54, 1.807) is 19.5 Å². The summed E-state index contributed by atoms with van der Waals surface area (Å²) < 4.78 is 10.9. The molecule has 144 valence electrons. The average Bonchev–Trinajstić information content (AvgIpc) is 2.76. The number of benzene rings is 1. The highest BCUT2D eigenvalue weighted by Gasteiger charge is 2.19. The standard InChI is InChI=1S/C21H23N5O2/c1-15-19(16-5-3-7-18(13-16)27-2)24-21(26-9-11-28-12-10-26)25-20(15)23-17-6-4-8-22-14-17/h3-8,13-14H,9-12H2,1-2H3,(H,23,24,25). The molecule has 0 bridgehead atoms. The molecule has 1 aromatic carbocycles. The number of aromatic nitrogens is 3. The molecular weight excluding hydrogens is 354 g/mol. The van der Waals surface area contributed by atoms with Crippen LogP contribution in [0.1, 0.15) is 5.56 Å². The van der Waals surface area contributed by atoms with Gasteiger partial charge >= 0.3 is 0 Å². The van der Waals surface area contributed by atoms with Gasteiger partial charge in [0.05, 0.1) is 37.9 Å². The van der Waals surface area contributed by atoms with Gasteiger partial charge in [0.1, 0.15) is 11.6 Å². The zero-order valence-electron chi connectivity index (χ0n) is 16.1. The van der Waals surface area contributed by atoms with Crippen LogP contribution in [0.4, 0.5) is 17.5 Å². The van der Waals surface area contributed by atoms with Crippen LogP contribution < -0.4 is 15.0 Å². The van der Waals surface area contributed by atoms with Crippen molar-refractivity contribution >= 4 is 17.5 Å². The molecule has 7 heteroatoms. The molecule has 0 saturated carbocycles. The van der Waals surface area contributed by atoms with E-state index in [0.717, 1.165) is 47.2 Å². The van der Waals surface area contributed by atoms with E-state index in [1.165, 1.54) is 0 Å². The van der Waals surface area contributed by atoms with E-state index in [1.807, 2.05) is 43.3 Å². The van der Waals surface area contributed by atoms with Gasteiger partial charge in [-0.3, -0.25) is 4.98 Å². The quantitative estimate of drug-likeness (QED) is 0.730. The van der Waals surface area contributed by atoms with Crippen LogP contribution in [-0.2, 0) is 4.74 Å². The summed E-state index contributed by atoms with van der Waals surface area (Å²) in [7, 11) is 1.67. The molecule has 1 saturated heterocycles. The van der Waals surface area contributed by atoms with Crippen molar-refractivity contribution in [2.24, 2.45) is 0 Å². The number of pyridine rings is 1. The summed E-state index contributed by atoms with van der Waals surface area (Å²) in [5.41, 5.74) is 3.72. The van der Waals surface area contributed by atoms with Crippen molar-refractivity contribution in [1.29, 1.82) is 0 Å². The van der Waals surface area contributed by atoms with Crippen LogP contribution >= 0.6 is 0 Å². The number of morpholine rings is 1. The summed E-state index contributed by atoms with van der Waals surface area (Å²) in [6, 6.07) is 11.8. The smallest absolute Gasteiger partial charge is 0.228 e. The molecule has 3 aromatic rings. The first-order valence-electron chi connectivity index (χ1n) is 9.27. The number of nitrogens with zero attached hydrogens (tertiary/aromatic N) is 4. The Morgan fingerprint density at radius 1 is 1.11 bits per heavy atom. The molecule has 0 amide bonds. The monoisotopic (exact) mass is 377 g/mol. The summed E-state index contributed by atoms with van der Waals surface area (Å²) in [6.07, 6.45) is 3.53. The minimum atomic E-state index is 0.678. The predicted octanol–water partition coefficient (Wildman–Crippen LogP) is 3.44. The van der Waals surface area contributed by atoms with Gasteiger partial charge in [-0.05, 0) is 31.2 Å². The first-order chi connectivity index (χ1) is 13.7. The summed E-state index contributed by atoms with van der Waals surface area (Å²) in [4.78, 5) is 16.0. The summed E-state index contributed by atoms with van der Waals surface area (Å²) >= 11 is 0. The third kappa shape index (κ3) is 3.89. The Labute approximate surface area is 164 Å². The first-order valence-corrected chi connectivity index (χ1v) is 9.27. The van der Waals surface area contributed by atoms with Gasteiger partial charge in [-0.1, -0.05) is 12.1 Å². The minimum absolute atomic E-state index is 0.678. The second-order valence-corrected chi connectivity index (χ2v) is 6.54. The lowest BCUT2D eigenvalue weighted by Crippen LogP contribution is -2.37. The van der Waals surface area contributed by atoms with Crippen LogP contribution in [0.5, 0.6) is 5.75 Å². The van der Waals surface area contributed by atoms with Gasteiger partial charge in [0.25, 0.3) is 0 Å². The number of ether oxygens (including phenoxy) is 2. The average molecular weight is 377 g/mol. The van der Waals surface area contributed by atoms with E-state index in [-0.39, 0.29) is 0 Å². The molecule has 0 unspecified atom stereocenters. The fraction of sp³-hybridized carbons (Fsp3) is 0.286. The molecule has 0 aliphatic carbocycles. The van der Waals surface area contributed by atoms with Crippen LogP contribution in [0.25, 0.3) is 11.3 Å². The molecule has 7 nitrogen and oxygen atoms in total. The molecular formula is C21H23N5O2. The minimum Gasteiger partial charge on any atom is -0.497 e. The van der Waals surface area contributed by atoms with Crippen molar-refractivity contribution in [1.82, 2.24) is 15.0 Å². The molecule has 4 rings (SSSR count). The Balaban J connectivity index is 1.80. The van der Waals surface area contributed by atoms with Crippen molar-refractivity contribution in [3.05, 3.63) is 54.4 Å². The van der Waals surface area contributed by atoms with Crippen LogP contribution in [0.3, 0.4) is 0 Å². The largest absolute Gasteiger partial charge is 0.497 e. The van der Waals surface area contributed by atoms with Crippen LogP contribution in [0.2, 0.25) is 0 Å². The topological polar surface area (TPSA) is 72.4 Å². The Bertz CT molecular complexity index is 943. The third-order valence-electron chi connectivity index (χ3n) is 4.70. The van der Waals surface area contributed by atoms with Crippen LogP contribution in [0, 0.1) is 6.92 Å². The van der Waals surface area contributed by atoms with E-state index in [2.05, 4.69) is 15.2 Å². The highest BCUT2D eigenvalue weighted by Crippen LogP contribution is 2.31. The van der Waals surface area contributed by atoms with Crippen molar-refractivity contribution in [2.45, 2.75) is 6.92 Å². The molecule has 0 spiro atoms. The van der Waals surface area contributed by atoms with Crippen LogP contribution in [-0.4, -0.2) is 48.4 Å². The van der Waals surface area contributed by atoms with E-state index in [9.17, 15) is 0 Å². The third-order valence-corrected chi connectivity index (χ3v) is 4.70. The number of hydrogen-bond acceptors (Lipinski definition) is 7. The highest BCUT2D eigenvalue weighted by atomic mass is 16.5. The zero-order chi connectivity index (χ0) is 19.3. The van der Waals surface area contributed by atoms with Gasteiger partial charge in [0.15, 0.2) is 0 Å². The lowest BCUT2D eigenvalue weighted by molar-refractivity contribution is 0.122. The molecule has 2 aromatic heterocycles. The normalized spacial score (nSPS) is 14.0. The second-order valence-electron chi connectivity index (χ2n) is 6.54. The molecule has 3 heterocycles. The predicted molar refractivity (Wildman–Crippen MR) is 109 cm³/mol. The van der Waals surface area contributed by atoms with Crippen LogP contribution in [0.15, 0.2) is 48.8 Å². The van der Waals surface area contributed by atoms with Gasteiger partial charge in [-0.25, -0.2) is 4.98 Å². The number of anilines is 3. The molecule has 0 radical (unpaired) electrons. The van der Waals surface area contributed by atoms with E-state index in [4.69, 9.17) is 19.4 Å². The zero-order valence-corrected chi connectivity index (χ0v) is 16.1. The number of nitrogens with one attached hydrogen (secondary N) is 1. The second kappa shape index (κ2) is 8.22. The number of hydrogen-bond donors (Lipinski definition) is 1. The fourth-order valence-corrected chi connectivity index (χ4v) is 3.16. The molecule has 0 atom stereocenters.